The highest BCUT2D eigenvalue weighted by atomic mass is 16.5. The van der Waals surface area contributed by atoms with Crippen molar-refractivity contribution >= 4 is 5.82 Å². The fourth-order valence-electron chi connectivity index (χ4n) is 2.97. The van der Waals surface area contributed by atoms with Crippen molar-refractivity contribution in [3.63, 3.8) is 0 Å². The molecule has 3 N–H and O–H groups in total. The van der Waals surface area contributed by atoms with Crippen LogP contribution in [-0.2, 0) is 11.3 Å². The molecular weight excluding hydrogens is 318 g/mol. The van der Waals surface area contributed by atoms with E-state index in [1.807, 2.05) is 30.3 Å². The number of aromatic amines is 1. The second-order valence-corrected chi connectivity index (χ2v) is 5.81. The fraction of sp³-hybridized carbons (Fsp3) is 0.278. The van der Waals surface area contributed by atoms with Crippen molar-refractivity contribution in [1.29, 1.82) is 10.5 Å². The normalized spacial score (nSPS) is 14.6. The van der Waals surface area contributed by atoms with E-state index >= 15 is 0 Å². The SMILES string of the molecule is N#Cc1c(N)[nH]c(=O)c(C#N)c1-c1cccc(CN2CCOCC2)c1. The van der Waals surface area contributed by atoms with Gasteiger partial charge in [-0.1, -0.05) is 18.2 Å². The smallest absolute Gasteiger partial charge is 0.268 e. The molecule has 126 valence electrons. The van der Waals surface area contributed by atoms with Gasteiger partial charge in [-0.05, 0) is 17.2 Å². The summed E-state index contributed by atoms with van der Waals surface area (Å²) in [5.74, 6) is -0.0277. The molecule has 0 unspecified atom stereocenters. The molecule has 0 amide bonds. The summed E-state index contributed by atoms with van der Waals surface area (Å²) in [4.78, 5) is 16.7. The van der Waals surface area contributed by atoms with Crippen LogP contribution in [0.2, 0.25) is 0 Å². The van der Waals surface area contributed by atoms with E-state index in [2.05, 4.69) is 9.88 Å². The van der Waals surface area contributed by atoms with Gasteiger partial charge in [0.15, 0.2) is 0 Å². The highest BCUT2D eigenvalue weighted by molar-refractivity contribution is 5.80. The molecule has 1 aromatic carbocycles. The van der Waals surface area contributed by atoms with Gasteiger partial charge in [0.1, 0.15) is 29.1 Å². The average molecular weight is 335 g/mol. The number of anilines is 1. The number of nitrogen functional groups attached to an aromatic ring is 1. The first-order valence-corrected chi connectivity index (χ1v) is 7.89. The van der Waals surface area contributed by atoms with E-state index in [0.717, 1.165) is 25.2 Å². The van der Waals surface area contributed by atoms with Crippen molar-refractivity contribution in [1.82, 2.24) is 9.88 Å². The molecule has 1 aliphatic rings. The molecule has 0 saturated carbocycles. The largest absolute Gasteiger partial charge is 0.384 e. The first-order chi connectivity index (χ1) is 12.1. The summed E-state index contributed by atoms with van der Waals surface area (Å²) in [5, 5.41) is 18.8. The van der Waals surface area contributed by atoms with Crippen molar-refractivity contribution < 1.29 is 4.74 Å². The zero-order valence-electron chi connectivity index (χ0n) is 13.6. The van der Waals surface area contributed by atoms with Crippen LogP contribution >= 0.6 is 0 Å². The molecule has 0 aliphatic carbocycles. The van der Waals surface area contributed by atoms with Crippen LogP contribution in [0.15, 0.2) is 29.1 Å². The molecule has 1 fully saturated rings. The minimum atomic E-state index is -0.590. The molecule has 3 rings (SSSR count). The molecule has 2 aromatic rings. The number of ether oxygens (including phenoxy) is 1. The van der Waals surface area contributed by atoms with Gasteiger partial charge in [-0.2, -0.15) is 10.5 Å². The predicted octanol–water partition coefficient (Wildman–Crippen LogP) is 1.20. The number of nitrogens with zero attached hydrogens (tertiary/aromatic N) is 3. The van der Waals surface area contributed by atoms with E-state index in [-0.39, 0.29) is 22.5 Å². The first-order valence-electron chi connectivity index (χ1n) is 7.89. The molecule has 1 saturated heterocycles. The van der Waals surface area contributed by atoms with E-state index < -0.39 is 5.56 Å². The van der Waals surface area contributed by atoms with E-state index in [1.165, 1.54) is 0 Å². The Kier molecular flexibility index (Phi) is 4.80. The molecule has 0 atom stereocenters. The fourth-order valence-corrected chi connectivity index (χ4v) is 2.97. The topological polar surface area (TPSA) is 119 Å². The Labute approximate surface area is 144 Å². The standard InChI is InChI=1S/C18H17N5O2/c19-9-14-16(15(10-20)18(24)22-17(14)21)13-3-1-2-12(8-13)11-23-4-6-25-7-5-23/h1-3,8H,4-7,11H2,(H3,21,22,24). The molecule has 25 heavy (non-hydrogen) atoms. The van der Waals surface area contributed by atoms with Gasteiger partial charge in [0.05, 0.1) is 13.2 Å². The van der Waals surface area contributed by atoms with Gasteiger partial charge < -0.3 is 15.5 Å². The first kappa shape index (κ1) is 16.7. The maximum absolute atomic E-state index is 12.0. The number of pyridine rings is 1. The lowest BCUT2D eigenvalue weighted by Crippen LogP contribution is -2.35. The second kappa shape index (κ2) is 7.18. The Bertz CT molecular complexity index is 930. The molecular formula is C18H17N5O2. The summed E-state index contributed by atoms with van der Waals surface area (Å²) < 4.78 is 5.35. The summed E-state index contributed by atoms with van der Waals surface area (Å²) in [7, 11) is 0. The average Bonchev–Trinajstić information content (AvgIpc) is 2.62. The van der Waals surface area contributed by atoms with Crippen molar-refractivity contribution in [2.45, 2.75) is 6.54 Å². The minimum absolute atomic E-state index is 0.0277. The molecule has 7 nitrogen and oxygen atoms in total. The van der Waals surface area contributed by atoms with Crippen molar-refractivity contribution in [3.8, 4) is 23.3 Å². The maximum Gasteiger partial charge on any atom is 0.268 e. The molecule has 0 radical (unpaired) electrons. The third-order valence-electron chi connectivity index (χ3n) is 4.19. The number of nitriles is 2. The molecule has 2 heterocycles. The van der Waals surface area contributed by atoms with E-state index in [9.17, 15) is 15.3 Å². The van der Waals surface area contributed by atoms with Crippen molar-refractivity contribution in [2.24, 2.45) is 0 Å². The number of hydrogen-bond acceptors (Lipinski definition) is 6. The number of aromatic nitrogens is 1. The number of morpholine rings is 1. The third kappa shape index (κ3) is 3.38. The summed E-state index contributed by atoms with van der Waals surface area (Å²) in [5.41, 5.74) is 7.15. The van der Waals surface area contributed by atoms with Crippen LogP contribution in [0.25, 0.3) is 11.1 Å². The molecule has 0 spiro atoms. The van der Waals surface area contributed by atoms with Crippen LogP contribution in [0.5, 0.6) is 0 Å². The van der Waals surface area contributed by atoms with Gasteiger partial charge in [0.2, 0.25) is 0 Å². The summed E-state index contributed by atoms with van der Waals surface area (Å²) in [6.07, 6.45) is 0. The van der Waals surface area contributed by atoms with Crippen LogP contribution < -0.4 is 11.3 Å². The Morgan fingerprint density at radius 2 is 1.92 bits per heavy atom. The van der Waals surface area contributed by atoms with Crippen LogP contribution in [0, 0.1) is 22.7 Å². The van der Waals surface area contributed by atoms with E-state index in [0.29, 0.717) is 18.8 Å². The van der Waals surface area contributed by atoms with Crippen molar-refractivity contribution in [2.75, 3.05) is 32.0 Å². The van der Waals surface area contributed by atoms with E-state index in [4.69, 9.17) is 10.5 Å². The summed E-state index contributed by atoms with van der Waals surface area (Å²) in [6, 6.07) is 11.4. The lowest BCUT2D eigenvalue weighted by atomic mass is 9.95. The number of H-pyrrole nitrogens is 1. The zero-order chi connectivity index (χ0) is 17.8. The quantitative estimate of drug-likeness (QED) is 0.870. The van der Waals surface area contributed by atoms with Gasteiger partial charge in [-0.15, -0.1) is 0 Å². The number of rotatable bonds is 3. The van der Waals surface area contributed by atoms with Gasteiger partial charge in [0, 0.05) is 25.2 Å². The molecule has 7 heteroatoms. The van der Waals surface area contributed by atoms with Crippen molar-refractivity contribution in [3.05, 3.63) is 51.3 Å². The lowest BCUT2D eigenvalue weighted by Gasteiger charge is -2.26. The number of nitrogens with one attached hydrogen (secondary N) is 1. The molecule has 0 bridgehead atoms. The second-order valence-electron chi connectivity index (χ2n) is 5.81. The monoisotopic (exact) mass is 335 g/mol. The van der Waals surface area contributed by atoms with Crippen LogP contribution in [0.3, 0.4) is 0 Å². The van der Waals surface area contributed by atoms with Crippen LogP contribution in [0.1, 0.15) is 16.7 Å². The number of nitrogens with two attached hydrogens (primary N) is 1. The van der Waals surface area contributed by atoms with Gasteiger partial charge >= 0.3 is 0 Å². The van der Waals surface area contributed by atoms with E-state index in [1.54, 1.807) is 6.07 Å². The Hall–Kier alpha value is -3.13. The lowest BCUT2D eigenvalue weighted by molar-refractivity contribution is 0.0342. The third-order valence-corrected chi connectivity index (χ3v) is 4.19. The van der Waals surface area contributed by atoms with Gasteiger partial charge in [0.25, 0.3) is 5.56 Å². The number of hydrogen-bond donors (Lipinski definition) is 2. The highest BCUT2D eigenvalue weighted by Gasteiger charge is 2.18. The van der Waals surface area contributed by atoms with Gasteiger partial charge in [-0.3, -0.25) is 9.69 Å². The summed E-state index contributed by atoms with van der Waals surface area (Å²) in [6.45, 7) is 3.87. The minimum Gasteiger partial charge on any atom is -0.384 e. The number of benzene rings is 1. The maximum atomic E-state index is 12.0. The molecule has 1 aromatic heterocycles. The molecule has 1 aliphatic heterocycles. The zero-order valence-corrected chi connectivity index (χ0v) is 13.6. The Morgan fingerprint density at radius 3 is 2.60 bits per heavy atom. The summed E-state index contributed by atoms with van der Waals surface area (Å²) >= 11 is 0. The van der Waals surface area contributed by atoms with Crippen LogP contribution in [0.4, 0.5) is 5.82 Å². The Morgan fingerprint density at radius 1 is 1.20 bits per heavy atom. The Balaban J connectivity index is 2.06. The van der Waals surface area contributed by atoms with Gasteiger partial charge in [-0.25, -0.2) is 0 Å². The predicted molar refractivity (Wildman–Crippen MR) is 92.4 cm³/mol. The van der Waals surface area contributed by atoms with Crippen LogP contribution in [-0.4, -0.2) is 36.2 Å². The highest BCUT2D eigenvalue weighted by Crippen LogP contribution is 2.28.